The van der Waals surface area contributed by atoms with E-state index in [0.717, 1.165) is 10.8 Å². The number of nitrogens with one attached hydrogen (secondary N) is 1. The third-order valence-electron chi connectivity index (χ3n) is 3.91. The maximum absolute atomic E-state index is 12.6. The third-order valence-corrected chi connectivity index (χ3v) is 3.91. The number of rotatable bonds is 5. The molecule has 0 unspecified atom stereocenters. The number of fused-ring (bicyclic) bond motifs is 3. The summed E-state index contributed by atoms with van der Waals surface area (Å²) < 4.78 is 16.2. The number of furan rings is 1. The molecule has 3 rings (SSSR count). The maximum Gasteiger partial charge on any atom is 0.308 e. The van der Waals surface area contributed by atoms with Gasteiger partial charge >= 0.3 is 5.97 Å². The molecule has 0 aliphatic heterocycles. The van der Waals surface area contributed by atoms with E-state index in [4.69, 9.17) is 13.9 Å². The molecule has 0 spiro atoms. The van der Waals surface area contributed by atoms with Crippen LogP contribution in [0, 0.1) is 6.92 Å². The Morgan fingerprint density at radius 2 is 1.88 bits per heavy atom. The maximum atomic E-state index is 12.6. The Morgan fingerprint density at radius 3 is 2.56 bits per heavy atom. The highest BCUT2D eigenvalue weighted by Gasteiger charge is 2.21. The normalized spacial score (nSPS) is 11.0. The molecule has 25 heavy (non-hydrogen) atoms. The quantitative estimate of drug-likeness (QED) is 0.438. The van der Waals surface area contributed by atoms with Crippen LogP contribution in [0.1, 0.15) is 23.0 Å². The molecule has 0 fully saturated rings. The van der Waals surface area contributed by atoms with Crippen molar-refractivity contribution in [2.45, 2.75) is 13.8 Å². The Kier molecular flexibility index (Phi) is 4.72. The van der Waals surface area contributed by atoms with Crippen molar-refractivity contribution in [2.75, 3.05) is 20.3 Å². The molecule has 0 aliphatic carbocycles. The molecule has 130 valence electrons. The highest BCUT2D eigenvalue weighted by atomic mass is 16.5. The molecule has 0 saturated heterocycles. The van der Waals surface area contributed by atoms with Crippen LogP contribution >= 0.6 is 0 Å². The molecule has 3 aromatic rings. The number of esters is 1. The number of hydrogen-bond acceptors (Lipinski definition) is 5. The van der Waals surface area contributed by atoms with Crippen LogP contribution in [0.5, 0.6) is 5.75 Å². The van der Waals surface area contributed by atoms with Gasteiger partial charge in [-0.1, -0.05) is 24.3 Å². The summed E-state index contributed by atoms with van der Waals surface area (Å²) >= 11 is 0. The molecular formula is C19H19NO5. The third kappa shape index (κ3) is 3.21. The van der Waals surface area contributed by atoms with Gasteiger partial charge < -0.3 is 19.2 Å². The summed E-state index contributed by atoms with van der Waals surface area (Å²) in [4.78, 5) is 24.0. The predicted molar refractivity (Wildman–Crippen MR) is 94.0 cm³/mol. The summed E-state index contributed by atoms with van der Waals surface area (Å²) in [7, 11) is 1.57. The molecule has 1 aromatic heterocycles. The van der Waals surface area contributed by atoms with Crippen LogP contribution in [-0.4, -0.2) is 32.1 Å². The Balaban J connectivity index is 2.19. The largest absolute Gasteiger partial charge is 0.460 e. The minimum absolute atomic E-state index is 0.252. The van der Waals surface area contributed by atoms with Crippen LogP contribution in [-0.2, 0) is 9.53 Å². The van der Waals surface area contributed by atoms with Crippen molar-refractivity contribution in [3.8, 4) is 5.75 Å². The molecular weight excluding hydrogens is 322 g/mol. The number of hydrogen-bond donors (Lipinski definition) is 1. The minimum Gasteiger partial charge on any atom is -0.460 e. The number of amides is 1. The van der Waals surface area contributed by atoms with Gasteiger partial charge in [-0.15, -0.1) is 0 Å². The van der Waals surface area contributed by atoms with Gasteiger partial charge in [0.1, 0.15) is 17.1 Å². The van der Waals surface area contributed by atoms with Gasteiger partial charge in [-0.3, -0.25) is 9.59 Å². The summed E-state index contributed by atoms with van der Waals surface area (Å²) in [5.74, 6) is 0.241. The van der Waals surface area contributed by atoms with E-state index >= 15 is 0 Å². The van der Waals surface area contributed by atoms with E-state index in [1.54, 1.807) is 20.1 Å². The predicted octanol–water partition coefficient (Wildman–Crippen LogP) is 3.20. The number of aryl methyl sites for hydroxylation is 1. The average Bonchev–Trinajstić information content (AvgIpc) is 2.91. The molecule has 0 atom stereocenters. The lowest BCUT2D eigenvalue weighted by Gasteiger charge is -2.08. The first-order valence-electron chi connectivity index (χ1n) is 7.93. The zero-order valence-electron chi connectivity index (χ0n) is 14.3. The Labute approximate surface area is 144 Å². The SMILES string of the molecule is COCCNC(=O)c1c(C)oc2c1cc(OC(C)=O)c1ccccc12. The van der Waals surface area contributed by atoms with E-state index in [9.17, 15) is 9.59 Å². The number of benzene rings is 2. The van der Waals surface area contributed by atoms with Crippen molar-refractivity contribution in [3.63, 3.8) is 0 Å². The van der Waals surface area contributed by atoms with Crippen LogP contribution in [0.2, 0.25) is 0 Å². The fraction of sp³-hybridized carbons (Fsp3) is 0.263. The lowest BCUT2D eigenvalue weighted by atomic mass is 10.0. The van der Waals surface area contributed by atoms with Crippen LogP contribution in [0.3, 0.4) is 0 Å². The van der Waals surface area contributed by atoms with Crippen LogP contribution in [0.15, 0.2) is 34.7 Å². The molecule has 6 nitrogen and oxygen atoms in total. The van der Waals surface area contributed by atoms with E-state index in [-0.39, 0.29) is 5.91 Å². The van der Waals surface area contributed by atoms with Gasteiger partial charge in [0.15, 0.2) is 0 Å². The number of carbonyl (C=O) groups is 2. The summed E-state index contributed by atoms with van der Waals surface area (Å²) in [6.45, 7) is 3.90. The van der Waals surface area contributed by atoms with Crippen molar-refractivity contribution in [2.24, 2.45) is 0 Å². The number of ether oxygens (including phenoxy) is 2. The standard InChI is InChI=1S/C19H19NO5/c1-11-17(19(22)20-8-9-23-3)15-10-16(25-12(2)21)13-6-4-5-7-14(13)18(15)24-11/h4-7,10H,8-9H2,1-3H3,(H,20,22). The van der Waals surface area contributed by atoms with Crippen LogP contribution in [0.4, 0.5) is 0 Å². The highest BCUT2D eigenvalue weighted by molar-refractivity contribution is 6.16. The monoisotopic (exact) mass is 341 g/mol. The summed E-state index contributed by atoms with van der Waals surface area (Å²) in [6.07, 6.45) is 0. The molecule has 1 heterocycles. The first kappa shape index (κ1) is 17.0. The molecule has 2 aromatic carbocycles. The van der Waals surface area contributed by atoms with Gasteiger partial charge in [0.25, 0.3) is 5.91 Å². The van der Waals surface area contributed by atoms with Gasteiger partial charge in [0.05, 0.1) is 12.2 Å². The van der Waals surface area contributed by atoms with Gasteiger partial charge in [-0.05, 0) is 13.0 Å². The summed E-state index contributed by atoms with van der Waals surface area (Å²) in [6, 6.07) is 9.13. The first-order chi connectivity index (χ1) is 12.0. The van der Waals surface area contributed by atoms with Crippen molar-refractivity contribution in [3.05, 3.63) is 41.7 Å². The van der Waals surface area contributed by atoms with Gasteiger partial charge in [-0.2, -0.15) is 0 Å². The zero-order chi connectivity index (χ0) is 18.0. The Morgan fingerprint density at radius 1 is 1.16 bits per heavy atom. The fourth-order valence-corrected chi connectivity index (χ4v) is 2.88. The smallest absolute Gasteiger partial charge is 0.308 e. The van der Waals surface area contributed by atoms with Gasteiger partial charge in [0, 0.05) is 36.7 Å². The molecule has 1 amide bonds. The van der Waals surface area contributed by atoms with Crippen LogP contribution < -0.4 is 10.1 Å². The second-order valence-electron chi connectivity index (χ2n) is 5.67. The van der Waals surface area contributed by atoms with E-state index in [1.807, 2.05) is 24.3 Å². The topological polar surface area (TPSA) is 77.8 Å². The molecule has 0 bridgehead atoms. The van der Waals surface area contributed by atoms with E-state index in [1.165, 1.54) is 6.92 Å². The van der Waals surface area contributed by atoms with E-state index < -0.39 is 5.97 Å². The molecule has 0 saturated carbocycles. The van der Waals surface area contributed by atoms with E-state index in [2.05, 4.69) is 5.32 Å². The van der Waals surface area contributed by atoms with Crippen LogP contribution in [0.25, 0.3) is 21.7 Å². The summed E-state index contributed by atoms with van der Waals surface area (Å²) in [5, 5.41) is 4.95. The number of carbonyl (C=O) groups excluding carboxylic acids is 2. The summed E-state index contributed by atoms with van der Waals surface area (Å²) in [5.41, 5.74) is 1.03. The lowest BCUT2D eigenvalue weighted by Crippen LogP contribution is -2.27. The second-order valence-corrected chi connectivity index (χ2v) is 5.67. The molecule has 6 heteroatoms. The van der Waals surface area contributed by atoms with Crippen molar-refractivity contribution >= 4 is 33.6 Å². The van der Waals surface area contributed by atoms with Gasteiger partial charge in [-0.25, -0.2) is 0 Å². The van der Waals surface area contributed by atoms with Crippen molar-refractivity contribution in [1.82, 2.24) is 5.32 Å². The average molecular weight is 341 g/mol. The Bertz CT molecular complexity index is 957. The minimum atomic E-state index is -0.421. The first-order valence-corrected chi connectivity index (χ1v) is 7.93. The Hall–Kier alpha value is -2.86. The van der Waals surface area contributed by atoms with E-state index in [0.29, 0.717) is 41.2 Å². The molecule has 0 radical (unpaired) electrons. The second kappa shape index (κ2) is 6.94. The highest BCUT2D eigenvalue weighted by Crippen LogP contribution is 2.37. The lowest BCUT2D eigenvalue weighted by molar-refractivity contribution is -0.131. The number of methoxy groups -OCH3 is 1. The molecule has 0 aliphatic rings. The van der Waals surface area contributed by atoms with Crippen molar-refractivity contribution in [1.29, 1.82) is 0 Å². The van der Waals surface area contributed by atoms with Crippen molar-refractivity contribution < 1.29 is 23.5 Å². The van der Waals surface area contributed by atoms with Gasteiger partial charge in [0.2, 0.25) is 0 Å². The molecule has 1 N–H and O–H groups in total. The fourth-order valence-electron chi connectivity index (χ4n) is 2.88. The zero-order valence-corrected chi connectivity index (χ0v) is 14.3.